The minimum atomic E-state index is -4.50. The number of amides is 1. The Labute approximate surface area is 142 Å². The van der Waals surface area contributed by atoms with Gasteiger partial charge in [-0.15, -0.1) is 0 Å². The summed E-state index contributed by atoms with van der Waals surface area (Å²) in [5, 5.41) is 6.92. The minimum absolute atomic E-state index is 0.0814. The lowest BCUT2D eigenvalue weighted by molar-refractivity contribution is -0.137. The van der Waals surface area contributed by atoms with E-state index in [4.69, 9.17) is 4.74 Å². The summed E-state index contributed by atoms with van der Waals surface area (Å²) in [6, 6.07) is 5.07. The number of aryl methyl sites for hydroxylation is 2. The van der Waals surface area contributed by atoms with Crippen LogP contribution in [0.5, 0.6) is 0 Å². The summed E-state index contributed by atoms with van der Waals surface area (Å²) in [5.41, 5.74) is 1.15. The molecule has 3 rings (SSSR count). The second kappa shape index (κ2) is 6.51. The zero-order chi connectivity index (χ0) is 18.2. The second-order valence-corrected chi connectivity index (χ2v) is 6.12. The maximum absolute atomic E-state index is 13.1. The molecule has 5 nitrogen and oxygen atoms in total. The number of ether oxygens (including phenoxy) is 1. The fourth-order valence-electron chi connectivity index (χ4n) is 2.85. The fourth-order valence-corrected chi connectivity index (χ4v) is 2.85. The SMILES string of the molecule is Cc1cc(C)n(-c2ccc(C(F)(F)F)cc2NC(=O)C2CCOC2)n1. The first kappa shape index (κ1) is 17.5. The van der Waals surface area contributed by atoms with Crippen LogP contribution in [-0.4, -0.2) is 28.9 Å². The normalized spacial score (nSPS) is 17.7. The minimum Gasteiger partial charge on any atom is -0.381 e. The molecule has 8 heteroatoms. The molecule has 2 heterocycles. The third-order valence-corrected chi connectivity index (χ3v) is 4.12. The number of aromatic nitrogens is 2. The average molecular weight is 353 g/mol. The van der Waals surface area contributed by atoms with E-state index in [1.165, 1.54) is 10.7 Å². The first-order valence-electron chi connectivity index (χ1n) is 7.89. The zero-order valence-electron chi connectivity index (χ0n) is 13.9. The second-order valence-electron chi connectivity index (χ2n) is 6.12. The monoisotopic (exact) mass is 353 g/mol. The lowest BCUT2D eigenvalue weighted by atomic mass is 10.1. The highest BCUT2D eigenvalue weighted by molar-refractivity contribution is 5.94. The largest absolute Gasteiger partial charge is 0.416 e. The van der Waals surface area contributed by atoms with Gasteiger partial charge in [0, 0.05) is 12.3 Å². The first-order valence-corrected chi connectivity index (χ1v) is 7.89. The number of anilines is 1. The standard InChI is InChI=1S/C17H18F3N3O2/c1-10-7-11(2)23(22-10)15-4-3-13(17(18,19)20)8-14(15)21-16(24)12-5-6-25-9-12/h3-4,7-8,12H,5-6,9H2,1-2H3,(H,21,24). The average Bonchev–Trinajstić information content (AvgIpc) is 3.16. The predicted octanol–water partition coefficient (Wildman–Crippen LogP) is 3.48. The maximum atomic E-state index is 13.1. The summed E-state index contributed by atoms with van der Waals surface area (Å²) in [7, 11) is 0. The van der Waals surface area contributed by atoms with E-state index in [0.717, 1.165) is 23.5 Å². The van der Waals surface area contributed by atoms with E-state index in [9.17, 15) is 18.0 Å². The number of nitrogens with one attached hydrogen (secondary N) is 1. The van der Waals surface area contributed by atoms with Gasteiger partial charge in [-0.05, 0) is 44.5 Å². The van der Waals surface area contributed by atoms with E-state index in [-0.39, 0.29) is 24.1 Å². The third kappa shape index (κ3) is 3.68. The number of rotatable bonds is 3. The van der Waals surface area contributed by atoms with Gasteiger partial charge in [-0.1, -0.05) is 0 Å². The smallest absolute Gasteiger partial charge is 0.381 e. The topological polar surface area (TPSA) is 56.2 Å². The zero-order valence-corrected chi connectivity index (χ0v) is 13.9. The molecular formula is C17H18F3N3O2. The summed E-state index contributed by atoms with van der Waals surface area (Å²) in [5.74, 6) is -0.706. The number of halogens is 3. The summed E-state index contributed by atoms with van der Waals surface area (Å²) in [4.78, 5) is 12.3. The van der Waals surface area contributed by atoms with Crippen LogP contribution in [-0.2, 0) is 15.7 Å². The summed E-state index contributed by atoms with van der Waals surface area (Å²) in [6.07, 6.45) is -3.94. The van der Waals surface area contributed by atoms with Crippen LogP contribution < -0.4 is 5.32 Å². The molecule has 1 aromatic heterocycles. The van der Waals surface area contributed by atoms with E-state index in [1.807, 2.05) is 6.07 Å². The van der Waals surface area contributed by atoms with Crippen LogP contribution in [0.1, 0.15) is 23.4 Å². The Morgan fingerprint density at radius 2 is 2.08 bits per heavy atom. The number of nitrogens with zero attached hydrogens (tertiary/aromatic N) is 2. The van der Waals surface area contributed by atoms with Crippen LogP contribution in [0.25, 0.3) is 5.69 Å². The Morgan fingerprint density at radius 3 is 2.64 bits per heavy atom. The van der Waals surface area contributed by atoms with E-state index >= 15 is 0 Å². The van der Waals surface area contributed by atoms with Crippen molar-refractivity contribution in [3.05, 3.63) is 41.2 Å². The lowest BCUT2D eigenvalue weighted by Gasteiger charge is -2.17. The van der Waals surface area contributed by atoms with Crippen molar-refractivity contribution in [2.45, 2.75) is 26.4 Å². The Balaban J connectivity index is 2.02. The Kier molecular flexibility index (Phi) is 4.55. The summed E-state index contributed by atoms with van der Waals surface area (Å²) < 4.78 is 45.9. The molecule has 0 saturated carbocycles. The Bertz CT molecular complexity index is 793. The molecule has 1 N–H and O–H groups in total. The molecule has 1 fully saturated rings. The Hall–Kier alpha value is -2.35. The van der Waals surface area contributed by atoms with Crippen LogP contribution >= 0.6 is 0 Å². The molecule has 134 valence electrons. The van der Waals surface area contributed by atoms with Crippen LogP contribution in [0.2, 0.25) is 0 Å². The van der Waals surface area contributed by atoms with Crippen molar-refractivity contribution in [1.82, 2.24) is 9.78 Å². The predicted molar refractivity (Wildman–Crippen MR) is 85.6 cm³/mol. The lowest BCUT2D eigenvalue weighted by Crippen LogP contribution is -2.24. The number of carbonyl (C=O) groups excluding carboxylic acids is 1. The molecule has 25 heavy (non-hydrogen) atoms. The fraction of sp³-hybridized carbons (Fsp3) is 0.412. The molecule has 1 saturated heterocycles. The van der Waals surface area contributed by atoms with Crippen molar-refractivity contribution in [3.63, 3.8) is 0 Å². The molecule has 1 amide bonds. The van der Waals surface area contributed by atoms with Gasteiger partial charge in [-0.3, -0.25) is 4.79 Å². The number of hydrogen-bond donors (Lipinski definition) is 1. The number of alkyl halides is 3. The molecule has 1 aliphatic heterocycles. The van der Waals surface area contributed by atoms with E-state index in [0.29, 0.717) is 18.7 Å². The van der Waals surface area contributed by atoms with Gasteiger partial charge >= 0.3 is 6.18 Å². The number of benzene rings is 1. The van der Waals surface area contributed by atoms with Gasteiger partial charge in [0.25, 0.3) is 0 Å². The van der Waals surface area contributed by atoms with Crippen LogP contribution in [0, 0.1) is 19.8 Å². The van der Waals surface area contributed by atoms with E-state index in [1.54, 1.807) is 13.8 Å². The molecule has 1 atom stereocenters. The quantitative estimate of drug-likeness (QED) is 0.919. The number of hydrogen-bond acceptors (Lipinski definition) is 3. The molecule has 2 aromatic rings. The van der Waals surface area contributed by atoms with E-state index < -0.39 is 11.7 Å². The highest BCUT2D eigenvalue weighted by Gasteiger charge is 2.32. The van der Waals surface area contributed by atoms with Crippen molar-refractivity contribution in [2.24, 2.45) is 5.92 Å². The van der Waals surface area contributed by atoms with E-state index in [2.05, 4.69) is 10.4 Å². The van der Waals surface area contributed by atoms with Gasteiger partial charge in [0.2, 0.25) is 5.91 Å². The van der Waals surface area contributed by atoms with Gasteiger partial charge in [-0.2, -0.15) is 18.3 Å². The third-order valence-electron chi connectivity index (χ3n) is 4.12. The molecule has 0 spiro atoms. The van der Waals surface area contributed by atoms with Gasteiger partial charge in [-0.25, -0.2) is 4.68 Å². The van der Waals surface area contributed by atoms with Gasteiger partial charge < -0.3 is 10.1 Å². The van der Waals surface area contributed by atoms with Crippen molar-refractivity contribution in [2.75, 3.05) is 18.5 Å². The van der Waals surface area contributed by atoms with Crippen molar-refractivity contribution in [3.8, 4) is 5.69 Å². The van der Waals surface area contributed by atoms with Crippen LogP contribution in [0.15, 0.2) is 24.3 Å². The summed E-state index contributed by atoms with van der Waals surface area (Å²) >= 11 is 0. The molecule has 0 bridgehead atoms. The highest BCUT2D eigenvalue weighted by atomic mass is 19.4. The van der Waals surface area contributed by atoms with Gasteiger partial charge in [0.05, 0.1) is 35.2 Å². The molecule has 1 aliphatic rings. The van der Waals surface area contributed by atoms with Crippen molar-refractivity contribution >= 4 is 11.6 Å². The molecule has 0 aliphatic carbocycles. The van der Waals surface area contributed by atoms with Crippen molar-refractivity contribution < 1.29 is 22.7 Å². The van der Waals surface area contributed by atoms with Crippen LogP contribution in [0.3, 0.4) is 0 Å². The molecule has 1 unspecified atom stereocenters. The summed E-state index contributed by atoms with van der Waals surface area (Å²) in [6.45, 7) is 4.35. The molecule has 1 aromatic carbocycles. The first-order chi connectivity index (χ1) is 11.8. The molecule has 0 radical (unpaired) electrons. The molecular weight excluding hydrogens is 335 g/mol. The maximum Gasteiger partial charge on any atom is 0.416 e. The van der Waals surface area contributed by atoms with Gasteiger partial charge in [0.15, 0.2) is 0 Å². The number of carbonyl (C=O) groups is 1. The van der Waals surface area contributed by atoms with Gasteiger partial charge in [0.1, 0.15) is 0 Å². The highest BCUT2D eigenvalue weighted by Crippen LogP contribution is 2.34. The Morgan fingerprint density at radius 1 is 1.32 bits per heavy atom. The van der Waals surface area contributed by atoms with Crippen molar-refractivity contribution in [1.29, 1.82) is 0 Å². The van der Waals surface area contributed by atoms with Crippen LogP contribution in [0.4, 0.5) is 18.9 Å².